The van der Waals surface area contributed by atoms with Gasteiger partial charge < -0.3 is 19.9 Å². The van der Waals surface area contributed by atoms with Crippen LogP contribution in [0.5, 0.6) is 0 Å². The molecule has 0 unspecified atom stereocenters. The van der Waals surface area contributed by atoms with Gasteiger partial charge in [0.15, 0.2) is 5.11 Å². The van der Waals surface area contributed by atoms with Crippen molar-refractivity contribution in [2.45, 2.75) is 13.0 Å². The summed E-state index contributed by atoms with van der Waals surface area (Å²) in [6.07, 6.45) is 5.05. The minimum absolute atomic E-state index is 0.711. The second-order valence-corrected chi connectivity index (χ2v) is 3.86. The largest absolute Gasteiger partial charge is 0.385 e. The zero-order valence-electron chi connectivity index (χ0n) is 9.61. The summed E-state index contributed by atoms with van der Waals surface area (Å²) in [6.45, 7) is 3.37. The number of rotatable bonds is 7. The molecule has 0 atom stereocenters. The van der Waals surface area contributed by atoms with E-state index in [2.05, 4.69) is 15.2 Å². The lowest BCUT2D eigenvalue weighted by Gasteiger charge is -2.10. The normalized spacial score (nSPS) is 10.1. The minimum Gasteiger partial charge on any atom is -0.385 e. The smallest absolute Gasteiger partial charge is 0.166 e. The topological polar surface area (TPSA) is 38.2 Å². The Morgan fingerprint density at radius 1 is 1.25 bits per heavy atom. The predicted octanol–water partition coefficient (Wildman–Crippen LogP) is 0.989. The molecule has 2 N–H and O–H groups in total. The highest BCUT2D eigenvalue weighted by molar-refractivity contribution is 7.80. The number of ether oxygens (including phenoxy) is 1. The first-order chi connectivity index (χ1) is 7.83. The first-order valence-electron chi connectivity index (χ1n) is 5.44. The Balaban J connectivity index is 1.98. The fourth-order valence-electron chi connectivity index (χ4n) is 1.30. The van der Waals surface area contributed by atoms with Gasteiger partial charge >= 0.3 is 0 Å². The fourth-order valence-corrected chi connectivity index (χ4v) is 1.50. The van der Waals surface area contributed by atoms with Gasteiger partial charge in [0.2, 0.25) is 0 Å². The van der Waals surface area contributed by atoms with Crippen LogP contribution in [0.2, 0.25) is 0 Å². The highest BCUT2D eigenvalue weighted by atomic mass is 32.1. The first-order valence-corrected chi connectivity index (χ1v) is 5.85. The van der Waals surface area contributed by atoms with E-state index in [0.29, 0.717) is 5.11 Å². The second kappa shape index (κ2) is 8.13. The molecule has 0 aromatic carbocycles. The number of hydrogen-bond acceptors (Lipinski definition) is 2. The lowest BCUT2D eigenvalue weighted by atomic mass is 10.4. The van der Waals surface area contributed by atoms with E-state index in [1.54, 1.807) is 7.11 Å². The van der Waals surface area contributed by atoms with E-state index in [9.17, 15) is 0 Å². The highest BCUT2D eigenvalue weighted by Gasteiger charge is 1.94. The molecule has 0 aliphatic heterocycles. The van der Waals surface area contributed by atoms with Gasteiger partial charge in [0.1, 0.15) is 0 Å². The molecule has 16 heavy (non-hydrogen) atoms. The molecule has 1 aromatic rings. The SMILES string of the molecule is COCCCNC(=S)NCCn1cccc1. The standard InChI is InChI=1S/C11H19N3OS/c1-15-10-4-5-12-11(16)13-6-9-14-7-2-3-8-14/h2-3,7-8H,4-6,9-10H2,1H3,(H2,12,13,16). The van der Waals surface area contributed by atoms with Crippen molar-refractivity contribution in [1.29, 1.82) is 0 Å². The number of aromatic nitrogens is 1. The molecule has 0 aliphatic rings. The van der Waals surface area contributed by atoms with E-state index >= 15 is 0 Å². The third-order valence-electron chi connectivity index (χ3n) is 2.13. The number of methoxy groups -OCH3 is 1. The number of hydrogen-bond donors (Lipinski definition) is 2. The van der Waals surface area contributed by atoms with Gasteiger partial charge in [0.25, 0.3) is 0 Å². The summed E-state index contributed by atoms with van der Waals surface area (Å²) >= 11 is 5.13. The Hall–Kier alpha value is -1.07. The molecule has 1 aromatic heterocycles. The lowest BCUT2D eigenvalue weighted by Crippen LogP contribution is -2.37. The summed E-state index contributed by atoms with van der Waals surface area (Å²) in [6, 6.07) is 4.03. The van der Waals surface area contributed by atoms with Gasteiger partial charge in [-0.1, -0.05) is 0 Å². The quantitative estimate of drug-likeness (QED) is 0.551. The van der Waals surface area contributed by atoms with Gasteiger partial charge in [-0.25, -0.2) is 0 Å². The van der Waals surface area contributed by atoms with Crippen LogP contribution in [0.25, 0.3) is 0 Å². The molecule has 0 radical (unpaired) electrons. The number of nitrogens with one attached hydrogen (secondary N) is 2. The molecule has 0 spiro atoms. The van der Waals surface area contributed by atoms with Crippen molar-refractivity contribution in [1.82, 2.24) is 15.2 Å². The molecule has 4 nitrogen and oxygen atoms in total. The van der Waals surface area contributed by atoms with Crippen molar-refractivity contribution in [3.05, 3.63) is 24.5 Å². The summed E-state index contributed by atoms with van der Waals surface area (Å²) in [7, 11) is 1.70. The number of thiocarbonyl (C=S) groups is 1. The van der Waals surface area contributed by atoms with Gasteiger partial charge in [0.05, 0.1) is 0 Å². The van der Waals surface area contributed by atoms with E-state index in [1.165, 1.54) is 0 Å². The second-order valence-electron chi connectivity index (χ2n) is 3.45. The molecular weight excluding hydrogens is 222 g/mol. The summed E-state index contributed by atoms with van der Waals surface area (Å²) in [5, 5.41) is 7.00. The molecule has 0 saturated heterocycles. The van der Waals surface area contributed by atoms with Crippen LogP contribution in [-0.4, -0.2) is 36.5 Å². The molecule has 0 amide bonds. The molecule has 1 rings (SSSR count). The molecule has 0 bridgehead atoms. The monoisotopic (exact) mass is 241 g/mol. The number of nitrogens with zero attached hydrogens (tertiary/aromatic N) is 1. The van der Waals surface area contributed by atoms with Crippen LogP contribution < -0.4 is 10.6 Å². The maximum Gasteiger partial charge on any atom is 0.166 e. The van der Waals surface area contributed by atoms with Crippen LogP contribution in [-0.2, 0) is 11.3 Å². The predicted molar refractivity (Wildman–Crippen MR) is 69.5 cm³/mol. The van der Waals surface area contributed by atoms with Crippen molar-refractivity contribution in [3.8, 4) is 0 Å². The van der Waals surface area contributed by atoms with Crippen molar-refractivity contribution in [2.75, 3.05) is 26.8 Å². The lowest BCUT2D eigenvalue weighted by molar-refractivity contribution is 0.195. The van der Waals surface area contributed by atoms with Gasteiger partial charge in [-0.2, -0.15) is 0 Å². The Kier molecular flexibility index (Phi) is 6.60. The summed E-state index contributed by atoms with van der Waals surface area (Å²) < 4.78 is 7.06. The molecule has 0 fully saturated rings. The van der Waals surface area contributed by atoms with Crippen LogP contribution in [0, 0.1) is 0 Å². The van der Waals surface area contributed by atoms with Gasteiger partial charge in [0, 0.05) is 45.7 Å². The van der Waals surface area contributed by atoms with E-state index in [1.807, 2.05) is 24.5 Å². The molecule has 5 heteroatoms. The van der Waals surface area contributed by atoms with E-state index < -0.39 is 0 Å². The first kappa shape index (κ1) is 13.0. The van der Waals surface area contributed by atoms with Crippen molar-refractivity contribution in [2.24, 2.45) is 0 Å². The Morgan fingerprint density at radius 3 is 2.62 bits per heavy atom. The van der Waals surface area contributed by atoms with E-state index in [-0.39, 0.29) is 0 Å². The third-order valence-corrected chi connectivity index (χ3v) is 2.42. The van der Waals surface area contributed by atoms with E-state index in [4.69, 9.17) is 17.0 Å². The van der Waals surface area contributed by atoms with E-state index in [0.717, 1.165) is 32.7 Å². The van der Waals surface area contributed by atoms with Crippen LogP contribution in [0.4, 0.5) is 0 Å². The summed E-state index contributed by atoms with van der Waals surface area (Å²) in [4.78, 5) is 0. The Labute approximate surface area is 102 Å². The minimum atomic E-state index is 0.711. The Bertz CT molecular complexity index is 287. The molecule has 90 valence electrons. The average molecular weight is 241 g/mol. The Morgan fingerprint density at radius 2 is 1.94 bits per heavy atom. The molecule has 0 saturated carbocycles. The van der Waals surface area contributed by atoms with Crippen molar-refractivity contribution >= 4 is 17.3 Å². The van der Waals surface area contributed by atoms with Crippen molar-refractivity contribution in [3.63, 3.8) is 0 Å². The van der Waals surface area contributed by atoms with Crippen molar-refractivity contribution < 1.29 is 4.74 Å². The zero-order valence-corrected chi connectivity index (χ0v) is 10.4. The van der Waals surface area contributed by atoms with Crippen LogP contribution >= 0.6 is 12.2 Å². The van der Waals surface area contributed by atoms with Gasteiger partial charge in [-0.3, -0.25) is 0 Å². The van der Waals surface area contributed by atoms with Gasteiger partial charge in [-0.15, -0.1) is 0 Å². The maximum absolute atomic E-state index is 5.13. The average Bonchev–Trinajstić information content (AvgIpc) is 2.77. The van der Waals surface area contributed by atoms with Crippen LogP contribution in [0.1, 0.15) is 6.42 Å². The van der Waals surface area contributed by atoms with Crippen LogP contribution in [0.3, 0.4) is 0 Å². The zero-order chi connectivity index (χ0) is 11.6. The van der Waals surface area contributed by atoms with Crippen LogP contribution in [0.15, 0.2) is 24.5 Å². The fraction of sp³-hybridized carbons (Fsp3) is 0.545. The summed E-state index contributed by atoms with van der Waals surface area (Å²) in [5.74, 6) is 0. The molecular formula is C11H19N3OS. The highest BCUT2D eigenvalue weighted by Crippen LogP contribution is 1.87. The van der Waals surface area contributed by atoms with Gasteiger partial charge in [-0.05, 0) is 30.8 Å². The summed E-state index contributed by atoms with van der Waals surface area (Å²) in [5.41, 5.74) is 0. The maximum atomic E-state index is 5.13. The third kappa shape index (κ3) is 5.72. The molecule has 1 heterocycles. The molecule has 0 aliphatic carbocycles.